The lowest BCUT2D eigenvalue weighted by Crippen LogP contribution is -2.55. The molecule has 5 aliphatic carbocycles. The number of amides is 1. The second kappa shape index (κ2) is 6.79. The van der Waals surface area contributed by atoms with Crippen molar-refractivity contribution in [1.29, 1.82) is 0 Å². The van der Waals surface area contributed by atoms with Gasteiger partial charge in [0.05, 0.1) is 11.8 Å². The van der Waals surface area contributed by atoms with E-state index >= 15 is 0 Å². The Morgan fingerprint density at radius 1 is 1.07 bits per heavy atom. The Hall–Kier alpha value is -1.58. The average Bonchev–Trinajstić information content (AvgIpc) is 2.64. The highest BCUT2D eigenvalue weighted by Crippen LogP contribution is 2.60. The minimum absolute atomic E-state index is 0.0189. The van der Waals surface area contributed by atoms with Gasteiger partial charge in [-0.05, 0) is 101 Å². The van der Waals surface area contributed by atoms with Crippen LogP contribution in [0.25, 0.3) is 0 Å². The molecule has 0 saturated heterocycles. The third kappa shape index (κ3) is 3.36. The van der Waals surface area contributed by atoms with Gasteiger partial charge in [-0.15, -0.1) is 0 Å². The summed E-state index contributed by atoms with van der Waals surface area (Å²) >= 11 is 0. The first-order chi connectivity index (χ1) is 13.1. The zero-order valence-electron chi connectivity index (χ0n) is 16.5. The summed E-state index contributed by atoms with van der Waals surface area (Å²) in [5.74, 6) is 3.77. The minimum Gasteiger partial charge on any atom is -0.489 e. The van der Waals surface area contributed by atoms with Crippen LogP contribution in [0, 0.1) is 30.1 Å². The van der Waals surface area contributed by atoms with Crippen molar-refractivity contribution in [2.45, 2.75) is 83.3 Å². The minimum atomic E-state index is -0.0189. The lowest BCUT2D eigenvalue weighted by molar-refractivity contribution is -0.147. The van der Waals surface area contributed by atoms with Crippen molar-refractivity contribution in [1.82, 2.24) is 10.3 Å². The Balaban J connectivity index is 1.15. The number of nitrogens with one attached hydrogen (secondary N) is 1. The van der Waals surface area contributed by atoms with Crippen molar-refractivity contribution in [3.63, 3.8) is 0 Å². The second-order valence-electron chi connectivity index (χ2n) is 9.85. The van der Waals surface area contributed by atoms with Crippen molar-refractivity contribution >= 4 is 5.91 Å². The summed E-state index contributed by atoms with van der Waals surface area (Å²) in [4.78, 5) is 17.5. The van der Waals surface area contributed by atoms with Gasteiger partial charge in [0.15, 0.2) is 0 Å². The Morgan fingerprint density at radius 2 is 1.70 bits per heavy atom. The van der Waals surface area contributed by atoms with E-state index in [1.165, 1.54) is 19.3 Å². The zero-order valence-corrected chi connectivity index (χ0v) is 16.5. The van der Waals surface area contributed by atoms with Gasteiger partial charge in [-0.2, -0.15) is 0 Å². The van der Waals surface area contributed by atoms with Crippen molar-refractivity contribution in [2.24, 2.45) is 23.2 Å². The number of aryl methyl sites for hydroxylation is 1. The van der Waals surface area contributed by atoms with E-state index in [1.807, 2.05) is 19.1 Å². The number of nitrogens with zero attached hydrogens (tertiary/aromatic N) is 1. The summed E-state index contributed by atoms with van der Waals surface area (Å²) < 4.78 is 6.16. The molecule has 27 heavy (non-hydrogen) atoms. The molecule has 6 rings (SSSR count). The number of carbonyl (C=O) groups is 1. The Morgan fingerprint density at radius 3 is 2.30 bits per heavy atom. The van der Waals surface area contributed by atoms with Gasteiger partial charge >= 0.3 is 0 Å². The number of carbonyl (C=O) groups excluding carboxylic acids is 1. The summed E-state index contributed by atoms with van der Waals surface area (Å²) in [5, 5.41) is 3.46. The SMILES string of the molecule is Cc1ncccc1OC1CCC(NC(=O)C23CC4CC(CC(C4)C2)C3)CC1. The molecular weight excluding hydrogens is 336 g/mol. The molecule has 146 valence electrons. The molecule has 4 bridgehead atoms. The van der Waals surface area contributed by atoms with Crippen molar-refractivity contribution < 1.29 is 9.53 Å². The van der Waals surface area contributed by atoms with E-state index in [0.29, 0.717) is 11.9 Å². The molecule has 4 nitrogen and oxygen atoms in total. The van der Waals surface area contributed by atoms with Gasteiger partial charge in [-0.1, -0.05) is 0 Å². The number of aromatic nitrogens is 1. The highest BCUT2D eigenvalue weighted by molar-refractivity contribution is 5.83. The zero-order chi connectivity index (χ0) is 18.4. The van der Waals surface area contributed by atoms with E-state index in [1.54, 1.807) is 6.20 Å². The van der Waals surface area contributed by atoms with Crippen LogP contribution >= 0.6 is 0 Å². The first-order valence-electron chi connectivity index (χ1n) is 11.0. The molecule has 0 atom stereocenters. The molecule has 5 saturated carbocycles. The van der Waals surface area contributed by atoms with E-state index in [-0.39, 0.29) is 11.5 Å². The second-order valence-corrected chi connectivity index (χ2v) is 9.85. The summed E-state index contributed by atoms with van der Waals surface area (Å²) in [6.07, 6.45) is 13.8. The van der Waals surface area contributed by atoms with Crippen molar-refractivity contribution in [2.75, 3.05) is 0 Å². The molecule has 0 radical (unpaired) electrons. The quantitative estimate of drug-likeness (QED) is 0.856. The fourth-order valence-electron chi connectivity index (χ4n) is 6.83. The van der Waals surface area contributed by atoms with Crippen LogP contribution in [0.4, 0.5) is 0 Å². The van der Waals surface area contributed by atoms with Crippen molar-refractivity contribution in [3.8, 4) is 5.75 Å². The smallest absolute Gasteiger partial charge is 0.226 e. The fourth-order valence-corrected chi connectivity index (χ4v) is 6.83. The molecule has 4 heteroatoms. The fraction of sp³-hybridized carbons (Fsp3) is 0.739. The lowest BCUT2D eigenvalue weighted by Gasteiger charge is -2.56. The maximum absolute atomic E-state index is 13.2. The monoisotopic (exact) mass is 368 g/mol. The summed E-state index contributed by atoms with van der Waals surface area (Å²) in [6.45, 7) is 1.99. The van der Waals surface area contributed by atoms with Crippen LogP contribution in [0.1, 0.15) is 69.9 Å². The number of hydrogen-bond acceptors (Lipinski definition) is 3. The van der Waals surface area contributed by atoms with Gasteiger partial charge in [0, 0.05) is 17.7 Å². The molecule has 1 amide bonds. The van der Waals surface area contributed by atoms with E-state index in [2.05, 4.69) is 10.3 Å². The Bertz CT molecular complexity index is 673. The number of rotatable bonds is 4. The van der Waals surface area contributed by atoms with Gasteiger partial charge in [-0.25, -0.2) is 0 Å². The number of ether oxygens (including phenoxy) is 1. The first-order valence-corrected chi connectivity index (χ1v) is 11.0. The van der Waals surface area contributed by atoms with Crippen molar-refractivity contribution in [3.05, 3.63) is 24.0 Å². The standard InChI is InChI=1S/C23H32N2O2/c1-15-21(3-2-8-24-15)27-20-6-4-19(5-7-20)25-22(26)23-12-16-9-17(13-23)11-18(10-16)14-23/h2-3,8,16-20H,4-7,9-14H2,1H3,(H,25,26). The maximum Gasteiger partial charge on any atom is 0.226 e. The molecule has 5 aliphatic rings. The highest BCUT2D eigenvalue weighted by atomic mass is 16.5. The van der Waals surface area contributed by atoms with E-state index in [9.17, 15) is 4.79 Å². The van der Waals surface area contributed by atoms with E-state index in [4.69, 9.17) is 4.74 Å². The van der Waals surface area contributed by atoms with Crippen LogP contribution in [0.5, 0.6) is 5.75 Å². The Kier molecular flexibility index (Phi) is 4.40. The maximum atomic E-state index is 13.2. The molecule has 1 heterocycles. The lowest BCUT2D eigenvalue weighted by atomic mass is 9.49. The molecule has 0 unspecified atom stereocenters. The van der Waals surface area contributed by atoms with Gasteiger partial charge in [0.1, 0.15) is 5.75 Å². The number of hydrogen-bond donors (Lipinski definition) is 1. The van der Waals surface area contributed by atoms with Crippen LogP contribution in [-0.4, -0.2) is 23.0 Å². The normalized spacial score (nSPS) is 40.0. The third-order valence-electron chi connectivity index (χ3n) is 7.78. The molecule has 1 aromatic rings. The largest absolute Gasteiger partial charge is 0.489 e. The molecule has 0 aliphatic heterocycles. The summed E-state index contributed by atoms with van der Waals surface area (Å²) in [6, 6.07) is 4.27. The van der Waals surface area contributed by atoms with Crippen LogP contribution in [-0.2, 0) is 4.79 Å². The predicted octanol–water partition coefficient (Wildman–Crippen LogP) is 4.41. The van der Waals surface area contributed by atoms with Crippen LogP contribution in [0.15, 0.2) is 18.3 Å². The first kappa shape index (κ1) is 17.5. The van der Waals surface area contributed by atoms with Gasteiger partial charge < -0.3 is 10.1 Å². The molecule has 1 N–H and O–H groups in total. The van der Waals surface area contributed by atoms with Crippen LogP contribution < -0.4 is 10.1 Å². The van der Waals surface area contributed by atoms with Gasteiger partial charge in [-0.3, -0.25) is 9.78 Å². The van der Waals surface area contributed by atoms with Gasteiger partial charge in [0.25, 0.3) is 0 Å². The van der Waals surface area contributed by atoms with E-state index in [0.717, 1.165) is 74.1 Å². The highest BCUT2D eigenvalue weighted by Gasteiger charge is 2.54. The summed E-state index contributed by atoms with van der Waals surface area (Å²) in [5.41, 5.74) is 0.935. The Labute approximate surface area is 162 Å². The molecule has 0 spiro atoms. The third-order valence-corrected chi connectivity index (χ3v) is 7.78. The molecule has 1 aromatic heterocycles. The molecule has 5 fully saturated rings. The molecule has 0 aromatic carbocycles. The summed E-state index contributed by atoms with van der Waals surface area (Å²) in [7, 11) is 0. The van der Waals surface area contributed by atoms with Crippen LogP contribution in [0.2, 0.25) is 0 Å². The average molecular weight is 369 g/mol. The number of pyridine rings is 1. The van der Waals surface area contributed by atoms with Crippen LogP contribution in [0.3, 0.4) is 0 Å². The predicted molar refractivity (Wildman–Crippen MR) is 104 cm³/mol. The van der Waals surface area contributed by atoms with E-state index < -0.39 is 0 Å². The van der Waals surface area contributed by atoms with Gasteiger partial charge in [0.2, 0.25) is 5.91 Å². The topological polar surface area (TPSA) is 51.2 Å². The molecular formula is C23H32N2O2.